The monoisotopic (exact) mass is 231 g/mol. The van der Waals surface area contributed by atoms with Gasteiger partial charge in [0, 0.05) is 18.8 Å². The lowest BCUT2D eigenvalue weighted by Gasteiger charge is -2.19. The van der Waals surface area contributed by atoms with Crippen LogP contribution in [0.2, 0.25) is 0 Å². The van der Waals surface area contributed by atoms with Crippen molar-refractivity contribution in [2.45, 2.75) is 25.7 Å². The van der Waals surface area contributed by atoms with Crippen LogP contribution < -0.4 is 4.90 Å². The summed E-state index contributed by atoms with van der Waals surface area (Å²) in [5.74, 6) is 0.150. The number of carboxylic acid groups (broad SMARTS) is 1. The van der Waals surface area contributed by atoms with Crippen LogP contribution in [0.15, 0.2) is 18.2 Å². The summed E-state index contributed by atoms with van der Waals surface area (Å²) < 4.78 is 0. The van der Waals surface area contributed by atoms with Crippen molar-refractivity contribution in [1.29, 1.82) is 0 Å². The van der Waals surface area contributed by atoms with Crippen LogP contribution in [0.25, 0.3) is 0 Å². The number of anilines is 1. The summed E-state index contributed by atoms with van der Waals surface area (Å²) in [5.41, 5.74) is 3.57. The quantitative estimate of drug-likeness (QED) is 0.862. The molecule has 0 unspecified atom stereocenters. The minimum absolute atomic E-state index is 0.135. The third-order valence-electron chi connectivity index (χ3n) is 3.67. The molecule has 0 amide bonds. The van der Waals surface area contributed by atoms with E-state index in [4.69, 9.17) is 5.11 Å². The molecule has 1 N–H and O–H groups in total. The molecule has 3 heteroatoms. The second kappa shape index (κ2) is 4.06. The van der Waals surface area contributed by atoms with Gasteiger partial charge in [0.25, 0.3) is 0 Å². The van der Waals surface area contributed by atoms with E-state index in [9.17, 15) is 4.79 Å². The standard InChI is InChI=1S/C14H17NO2/c16-14(17)8-11-3-4-13-12(7-11)5-6-15(13)9-10-1-2-10/h3-4,7,10H,1-2,5-6,8-9H2,(H,16,17). The molecule has 0 bridgehead atoms. The molecule has 0 radical (unpaired) electrons. The third kappa shape index (κ3) is 2.28. The molecule has 1 fully saturated rings. The fourth-order valence-corrected chi connectivity index (χ4v) is 2.61. The number of aliphatic carboxylic acids is 1. The fraction of sp³-hybridized carbons (Fsp3) is 0.500. The maximum atomic E-state index is 10.7. The van der Waals surface area contributed by atoms with E-state index in [1.54, 1.807) is 0 Å². The van der Waals surface area contributed by atoms with Crippen LogP contribution in [0.3, 0.4) is 0 Å². The van der Waals surface area contributed by atoms with E-state index in [0.717, 1.165) is 24.4 Å². The van der Waals surface area contributed by atoms with Crippen LogP contribution in [0.1, 0.15) is 24.0 Å². The van der Waals surface area contributed by atoms with Gasteiger partial charge in [-0.15, -0.1) is 0 Å². The first-order chi connectivity index (χ1) is 8.22. The average molecular weight is 231 g/mol. The van der Waals surface area contributed by atoms with Crippen LogP contribution in [0, 0.1) is 5.92 Å². The van der Waals surface area contributed by atoms with Crippen molar-refractivity contribution in [2.24, 2.45) is 5.92 Å². The van der Waals surface area contributed by atoms with E-state index in [1.807, 2.05) is 6.07 Å². The highest BCUT2D eigenvalue weighted by molar-refractivity contribution is 5.71. The van der Waals surface area contributed by atoms with Crippen molar-refractivity contribution in [1.82, 2.24) is 0 Å². The van der Waals surface area contributed by atoms with Gasteiger partial charge in [-0.3, -0.25) is 4.79 Å². The summed E-state index contributed by atoms with van der Waals surface area (Å²) >= 11 is 0. The zero-order chi connectivity index (χ0) is 11.8. The first kappa shape index (κ1) is 10.6. The van der Waals surface area contributed by atoms with E-state index < -0.39 is 5.97 Å². The lowest BCUT2D eigenvalue weighted by molar-refractivity contribution is -0.136. The summed E-state index contributed by atoms with van der Waals surface area (Å²) in [5, 5.41) is 8.78. The number of nitrogens with zero attached hydrogens (tertiary/aromatic N) is 1. The zero-order valence-electron chi connectivity index (χ0n) is 9.85. The van der Waals surface area contributed by atoms with Crippen molar-refractivity contribution >= 4 is 11.7 Å². The SMILES string of the molecule is O=C(O)Cc1ccc2c(c1)CCN2CC1CC1. The molecule has 90 valence electrons. The fourth-order valence-electron chi connectivity index (χ4n) is 2.61. The van der Waals surface area contributed by atoms with Crippen molar-refractivity contribution in [3.8, 4) is 0 Å². The smallest absolute Gasteiger partial charge is 0.307 e. The first-order valence-electron chi connectivity index (χ1n) is 6.31. The maximum Gasteiger partial charge on any atom is 0.307 e. The van der Waals surface area contributed by atoms with E-state index in [2.05, 4.69) is 17.0 Å². The Morgan fingerprint density at radius 3 is 2.94 bits per heavy atom. The van der Waals surface area contributed by atoms with E-state index in [0.29, 0.717) is 0 Å². The van der Waals surface area contributed by atoms with Crippen molar-refractivity contribution in [3.63, 3.8) is 0 Å². The van der Waals surface area contributed by atoms with Gasteiger partial charge in [-0.1, -0.05) is 12.1 Å². The van der Waals surface area contributed by atoms with Gasteiger partial charge >= 0.3 is 5.97 Å². The molecule has 1 heterocycles. The second-order valence-corrected chi connectivity index (χ2v) is 5.17. The highest BCUT2D eigenvalue weighted by atomic mass is 16.4. The first-order valence-corrected chi connectivity index (χ1v) is 6.31. The summed E-state index contributed by atoms with van der Waals surface area (Å²) in [6.45, 7) is 2.29. The van der Waals surface area contributed by atoms with Gasteiger partial charge in [0.1, 0.15) is 0 Å². The van der Waals surface area contributed by atoms with E-state index >= 15 is 0 Å². The van der Waals surface area contributed by atoms with Crippen LogP contribution in [-0.2, 0) is 17.6 Å². The van der Waals surface area contributed by atoms with Crippen LogP contribution in [-0.4, -0.2) is 24.2 Å². The molecule has 1 aliphatic heterocycles. The molecule has 0 saturated heterocycles. The Bertz CT molecular complexity index is 452. The third-order valence-corrected chi connectivity index (χ3v) is 3.67. The molecule has 0 atom stereocenters. The Balaban J connectivity index is 1.77. The lowest BCUT2D eigenvalue weighted by atomic mass is 10.1. The van der Waals surface area contributed by atoms with Gasteiger partial charge in [0.2, 0.25) is 0 Å². The number of hydrogen-bond donors (Lipinski definition) is 1. The van der Waals surface area contributed by atoms with E-state index in [-0.39, 0.29) is 6.42 Å². The Morgan fingerprint density at radius 1 is 1.41 bits per heavy atom. The Kier molecular flexibility index (Phi) is 2.54. The zero-order valence-corrected chi connectivity index (χ0v) is 9.85. The molecule has 1 aromatic carbocycles. The van der Waals surface area contributed by atoms with Crippen molar-refractivity contribution in [3.05, 3.63) is 29.3 Å². The van der Waals surface area contributed by atoms with Crippen LogP contribution in [0.5, 0.6) is 0 Å². The van der Waals surface area contributed by atoms with E-state index in [1.165, 1.54) is 30.6 Å². The van der Waals surface area contributed by atoms with Gasteiger partial charge in [-0.05, 0) is 42.4 Å². The molecule has 0 aromatic heterocycles. The Morgan fingerprint density at radius 2 is 2.24 bits per heavy atom. The van der Waals surface area contributed by atoms with Crippen LogP contribution in [0.4, 0.5) is 5.69 Å². The van der Waals surface area contributed by atoms with Gasteiger partial charge in [-0.25, -0.2) is 0 Å². The lowest BCUT2D eigenvalue weighted by Crippen LogP contribution is -2.22. The summed E-state index contributed by atoms with van der Waals surface area (Å²) in [6, 6.07) is 6.12. The Labute approximate surface area is 101 Å². The van der Waals surface area contributed by atoms with Gasteiger partial charge in [0.05, 0.1) is 6.42 Å². The number of fused-ring (bicyclic) bond motifs is 1. The Hall–Kier alpha value is -1.51. The molecule has 3 rings (SSSR count). The molecule has 1 aliphatic carbocycles. The normalized spacial score (nSPS) is 18.2. The molecular formula is C14H17NO2. The number of hydrogen-bond acceptors (Lipinski definition) is 2. The van der Waals surface area contributed by atoms with Crippen molar-refractivity contribution < 1.29 is 9.90 Å². The summed E-state index contributed by atoms with van der Waals surface area (Å²) in [7, 11) is 0. The number of benzene rings is 1. The van der Waals surface area contributed by atoms with Crippen molar-refractivity contribution in [2.75, 3.05) is 18.0 Å². The minimum Gasteiger partial charge on any atom is -0.481 e. The van der Waals surface area contributed by atoms with Crippen LogP contribution >= 0.6 is 0 Å². The molecule has 17 heavy (non-hydrogen) atoms. The predicted molar refractivity (Wildman–Crippen MR) is 66.4 cm³/mol. The summed E-state index contributed by atoms with van der Waals surface area (Å²) in [6.07, 6.45) is 3.96. The predicted octanol–water partition coefficient (Wildman–Crippen LogP) is 2.09. The highest BCUT2D eigenvalue weighted by Gasteiger charge is 2.27. The number of carboxylic acids is 1. The van der Waals surface area contributed by atoms with Gasteiger partial charge in [-0.2, -0.15) is 0 Å². The molecule has 3 nitrogen and oxygen atoms in total. The maximum absolute atomic E-state index is 10.7. The molecule has 1 aromatic rings. The second-order valence-electron chi connectivity index (χ2n) is 5.17. The molecule has 0 spiro atoms. The molecule has 1 saturated carbocycles. The topological polar surface area (TPSA) is 40.5 Å². The highest BCUT2D eigenvalue weighted by Crippen LogP contribution is 2.35. The average Bonchev–Trinajstić information content (AvgIpc) is 3.00. The minimum atomic E-state index is -0.752. The molecular weight excluding hydrogens is 214 g/mol. The molecule has 2 aliphatic rings. The van der Waals surface area contributed by atoms with Gasteiger partial charge < -0.3 is 10.0 Å². The number of carbonyl (C=O) groups is 1. The number of rotatable bonds is 4. The summed E-state index contributed by atoms with van der Waals surface area (Å²) in [4.78, 5) is 13.1. The van der Waals surface area contributed by atoms with Gasteiger partial charge in [0.15, 0.2) is 0 Å². The largest absolute Gasteiger partial charge is 0.481 e.